The van der Waals surface area contributed by atoms with Crippen LogP contribution in [0.25, 0.3) is 0 Å². The maximum absolute atomic E-state index is 10.3. The summed E-state index contributed by atoms with van der Waals surface area (Å²) in [6.07, 6.45) is 5.20. The Bertz CT molecular complexity index is 405. The van der Waals surface area contributed by atoms with Crippen LogP contribution in [0.2, 0.25) is 0 Å². The number of nitrogens with zero attached hydrogens (tertiary/aromatic N) is 1. The molecule has 1 aliphatic heterocycles. The van der Waals surface area contributed by atoms with Crippen LogP contribution in [0.3, 0.4) is 0 Å². The monoisotopic (exact) mass is 469 g/mol. The third-order valence-electron chi connectivity index (χ3n) is 5.08. The smallest absolute Gasteiger partial charge is 0.191 e. The zero-order valence-electron chi connectivity index (χ0n) is 15.9. The Labute approximate surface area is 169 Å². The SMILES string of the molecule is CCNC(=NCC1(C)CCCCC1O)NC(C)COC1CCOC1.I. The van der Waals surface area contributed by atoms with Gasteiger partial charge in [0.15, 0.2) is 5.96 Å². The van der Waals surface area contributed by atoms with E-state index in [0.29, 0.717) is 19.8 Å². The number of hydrogen-bond donors (Lipinski definition) is 3. The first-order valence-corrected chi connectivity index (χ1v) is 9.46. The molecule has 7 heteroatoms. The Morgan fingerprint density at radius 1 is 1.40 bits per heavy atom. The van der Waals surface area contributed by atoms with Gasteiger partial charge in [-0.2, -0.15) is 0 Å². The lowest BCUT2D eigenvalue weighted by molar-refractivity contribution is 0.00710. The highest BCUT2D eigenvalue weighted by Crippen LogP contribution is 2.36. The predicted molar refractivity (Wildman–Crippen MR) is 112 cm³/mol. The molecule has 0 bridgehead atoms. The van der Waals surface area contributed by atoms with Crippen molar-refractivity contribution in [2.24, 2.45) is 10.4 Å². The fourth-order valence-electron chi connectivity index (χ4n) is 3.35. The number of guanidine groups is 1. The van der Waals surface area contributed by atoms with E-state index in [1.165, 1.54) is 6.42 Å². The summed E-state index contributed by atoms with van der Waals surface area (Å²) < 4.78 is 11.2. The fourth-order valence-corrected chi connectivity index (χ4v) is 3.35. The summed E-state index contributed by atoms with van der Waals surface area (Å²) in [5, 5.41) is 17.0. The number of ether oxygens (including phenoxy) is 2. The number of hydrogen-bond acceptors (Lipinski definition) is 4. The first-order chi connectivity index (χ1) is 11.5. The number of aliphatic imine (C=N–C) groups is 1. The minimum atomic E-state index is -0.249. The van der Waals surface area contributed by atoms with Crippen LogP contribution in [0, 0.1) is 5.41 Å². The van der Waals surface area contributed by atoms with Crippen molar-refractivity contribution < 1.29 is 14.6 Å². The second kappa shape index (κ2) is 11.6. The van der Waals surface area contributed by atoms with Crippen LogP contribution in [0.4, 0.5) is 0 Å². The highest BCUT2D eigenvalue weighted by Gasteiger charge is 2.35. The Kier molecular flexibility index (Phi) is 10.6. The summed E-state index contributed by atoms with van der Waals surface area (Å²) in [5.74, 6) is 0.801. The van der Waals surface area contributed by atoms with Gasteiger partial charge in [-0.3, -0.25) is 4.99 Å². The van der Waals surface area contributed by atoms with E-state index in [9.17, 15) is 5.11 Å². The average Bonchev–Trinajstić information content (AvgIpc) is 3.07. The number of nitrogens with one attached hydrogen (secondary N) is 2. The molecule has 148 valence electrons. The van der Waals surface area contributed by atoms with E-state index in [1.54, 1.807) is 0 Å². The van der Waals surface area contributed by atoms with Gasteiger partial charge in [0.25, 0.3) is 0 Å². The molecular formula is C18H36IN3O3. The van der Waals surface area contributed by atoms with Gasteiger partial charge in [0.1, 0.15) is 0 Å². The van der Waals surface area contributed by atoms with Gasteiger partial charge in [0.2, 0.25) is 0 Å². The fraction of sp³-hybridized carbons (Fsp3) is 0.944. The molecule has 0 amide bonds. The van der Waals surface area contributed by atoms with Crippen LogP contribution >= 0.6 is 24.0 Å². The van der Waals surface area contributed by atoms with Crippen LogP contribution in [-0.4, -0.2) is 62.2 Å². The van der Waals surface area contributed by atoms with Crippen molar-refractivity contribution >= 4 is 29.9 Å². The molecule has 0 spiro atoms. The second-order valence-electron chi connectivity index (χ2n) is 7.48. The molecule has 2 rings (SSSR count). The lowest BCUT2D eigenvalue weighted by Gasteiger charge is -2.37. The lowest BCUT2D eigenvalue weighted by Crippen LogP contribution is -2.46. The molecule has 2 aliphatic rings. The van der Waals surface area contributed by atoms with Crippen molar-refractivity contribution in [3.05, 3.63) is 0 Å². The Morgan fingerprint density at radius 2 is 2.20 bits per heavy atom. The Morgan fingerprint density at radius 3 is 2.84 bits per heavy atom. The van der Waals surface area contributed by atoms with Gasteiger partial charge in [-0.1, -0.05) is 19.8 Å². The molecule has 4 unspecified atom stereocenters. The third-order valence-corrected chi connectivity index (χ3v) is 5.08. The summed E-state index contributed by atoms with van der Waals surface area (Å²) in [7, 11) is 0. The molecule has 0 aromatic heterocycles. The number of aliphatic hydroxyl groups excluding tert-OH is 1. The number of rotatable bonds is 7. The van der Waals surface area contributed by atoms with Crippen molar-refractivity contribution in [3.63, 3.8) is 0 Å². The van der Waals surface area contributed by atoms with Crippen molar-refractivity contribution in [2.45, 2.75) is 71.1 Å². The molecule has 3 N–H and O–H groups in total. The molecule has 0 radical (unpaired) electrons. The summed E-state index contributed by atoms with van der Waals surface area (Å²) in [5.41, 5.74) is -0.110. The summed E-state index contributed by atoms with van der Waals surface area (Å²) in [4.78, 5) is 4.73. The number of aliphatic hydroxyl groups is 1. The van der Waals surface area contributed by atoms with E-state index in [0.717, 1.165) is 44.8 Å². The molecule has 6 nitrogen and oxygen atoms in total. The van der Waals surface area contributed by atoms with Crippen LogP contribution in [0.1, 0.15) is 52.9 Å². The quantitative estimate of drug-likeness (QED) is 0.303. The average molecular weight is 469 g/mol. The van der Waals surface area contributed by atoms with E-state index in [2.05, 4.69) is 31.4 Å². The van der Waals surface area contributed by atoms with E-state index in [-0.39, 0.29) is 47.6 Å². The van der Waals surface area contributed by atoms with Gasteiger partial charge < -0.3 is 25.2 Å². The van der Waals surface area contributed by atoms with Gasteiger partial charge in [0.05, 0.1) is 32.0 Å². The van der Waals surface area contributed by atoms with Crippen molar-refractivity contribution in [2.75, 3.05) is 32.9 Å². The molecule has 1 saturated carbocycles. The highest BCUT2D eigenvalue weighted by molar-refractivity contribution is 14.0. The van der Waals surface area contributed by atoms with Crippen LogP contribution < -0.4 is 10.6 Å². The lowest BCUT2D eigenvalue weighted by atomic mass is 9.73. The van der Waals surface area contributed by atoms with E-state index in [1.807, 2.05) is 0 Å². The van der Waals surface area contributed by atoms with Crippen LogP contribution in [0.15, 0.2) is 4.99 Å². The normalized spacial score (nSPS) is 31.3. The summed E-state index contributed by atoms with van der Waals surface area (Å²) in [6.45, 7) is 9.91. The molecule has 0 aromatic rings. The zero-order valence-corrected chi connectivity index (χ0v) is 18.3. The summed E-state index contributed by atoms with van der Waals surface area (Å²) >= 11 is 0. The topological polar surface area (TPSA) is 75.1 Å². The van der Waals surface area contributed by atoms with E-state index >= 15 is 0 Å². The van der Waals surface area contributed by atoms with Crippen LogP contribution in [-0.2, 0) is 9.47 Å². The van der Waals surface area contributed by atoms with Gasteiger partial charge in [-0.15, -0.1) is 24.0 Å². The Balaban J connectivity index is 0.00000312. The van der Waals surface area contributed by atoms with Crippen molar-refractivity contribution in [1.82, 2.24) is 10.6 Å². The van der Waals surface area contributed by atoms with Gasteiger partial charge in [0, 0.05) is 24.6 Å². The zero-order chi connectivity index (χ0) is 17.4. The van der Waals surface area contributed by atoms with Crippen LogP contribution in [0.5, 0.6) is 0 Å². The molecule has 1 saturated heterocycles. The molecule has 2 fully saturated rings. The molecular weight excluding hydrogens is 433 g/mol. The van der Waals surface area contributed by atoms with Gasteiger partial charge in [-0.25, -0.2) is 0 Å². The van der Waals surface area contributed by atoms with Crippen molar-refractivity contribution in [1.29, 1.82) is 0 Å². The second-order valence-corrected chi connectivity index (χ2v) is 7.48. The maximum Gasteiger partial charge on any atom is 0.191 e. The standard InChI is InChI=1S/C18H35N3O3.HI/c1-4-19-17(20-13-18(3)9-6-5-7-16(18)22)21-14(2)11-24-15-8-10-23-12-15;/h14-16,22H,4-13H2,1-3H3,(H2,19,20,21);1H. The van der Waals surface area contributed by atoms with E-state index in [4.69, 9.17) is 14.5 Å². The molecule has 1 aliphatic carbocycles. The van der Waals surface area contributed by atoms with Gasteiger partial charge in [-0.05, 0) is 33.1 Å². The molecule has 1 heterocycles. The third kappa shape index (κ3) is 7.56. The van der Waals surface area contributed by atoms with Crippen molar-refractivity contribution in [3.8, 4) is 0 Å². The summed E-state index contributed by atoms with van der Waals surface area (Å²) in [6, 6.07) is 0.174. The van der Waals surface area contributed by atoms with E-state index < -0.39 is 0 Å². The first kappa shape index (κ1) is 22.9. The Hall–Kier alpha value is -0.120. The largest absolute Gasteiger partial charge is 0.392 e. The first-order valence-electron chi connectivity index (χ1n) is 9.46. The molecule has 4 atom stereocenters. The maximum atomic E-state index is 10.3. The highest BCUT2D eigenvalue weighted by atomic mass is 127. The molecule has 0 aromatic carbocycles. The molecule has 25 heavy (non-hydrogen) atoms. The number of halogens is 1. The van der Waals surface area contributed by atoms with Gasteiger partial charge >= 0.3 is 0 Å². The predicted octanol–water partition coefficient (Wildman–Crippen LogP) is 2.29. The minimum Gasteiger partial charge on any atom is -0.392 e. The minimum absolute atomic E-state index is 0.